The van der Waals surface area contributed by atoms with Crippen molar-refractivity contribution < 1.29 is 4.79 Å². The summed E-state index contributed by atoms with van der Waals surface area (Å²) < 4.78 is 0. The molecule has 1 saturated heterocycles. The maximum Gasteiger partial charge on any atom is 0.324 e. The second-order valence-electron chi connectivity index (χ2n) is 9.34. The zero-order chi connectivity index (χ0) is 26.5. The molecular weight excluding hydrogens is 498 g/mol. The fraction of sp³-hybridized carbons (Fsp3) is 0.276. The van der Waals surface area contributed by atoms with Crippen LogP contribution in [0.1, 0.15) is 29.2 Å². The van der Waals surface area contributed by atoms with Gasteiger partial charge in [-0.1, -0.05) is 36.4 Å². The number of fused-ring (bicyclic) bond motifs is 1. The SMILES string of the molecule is CCN1CCN(Cc2ccc(NC(=O)Nc3cc(C#Cc4cnc5[nH]ccc5c4Cl)ccn3)cc2C)CC1. The van der Waals surface area contributed by atoms with Crippen LogP contribution >= 0.6 is 11.6 Å². The van der Waals surface area contributed by atoms with E-state index < -0.39 is 0 Å². The lowest BCUT2D eigenvalue weighted by molar-refractivity contribution is 0.132. The van der Waals surface area contributed by atoms with Crippen LogP contribution in [0.3, 0.4) is 0 Å². The van der Waals surface area contributed by atoms with Gasteiger partial charge < -0.3 is 15.2 Å². The highest BCUT2D eigenvalue weighted by Crippen LogP contribution is 2.24. The van der Waals surface area contributed by atoms with E-state index in [9.17, 15) is 4.79 Å². The minimum absolute atomic E-state index is 0.365. The lowest BCUT2D eigenvalue weighted by atomic mass is 10.1. The summed E-state index contributed by atoms with van der Waals surface area (Å²) in [6.07, 6.45) is 5.04. The van der Waals surface area contributed by atoms with E-state index >= 15 is 0 Å². The van der Waals surface area contributed by atoms with E-state index in [0.717, 1.165) is 61.6 Å². The third kappa shape index (κ3) is 6.14. The van der Waals surface area contributed by atoms with Crippen LogP contribution in [0.4, 0.5) is 16.3 Å². The van der Waals surface area contributed by atoms with E-state index in [1.165, 1.54) is 5.56 Å². The number of anilines is 2. The molecule has 1 fully saturated rings. The third-order valence-corrected chi connectivity index (χ3v) is 7.18. The largest absolute Gasteiger partial charge is 0.346 e. The first-order valence-electron chi connectivity index (χ1n) is 12.7. The Kier molecular flexibility index (Phi) is 7.89. The van der Waals surface area contributed by atoms with Gasteiger partial charge in [0, 0.05) is 68.0 Å². The average molecular weight is 528 g/mol. The number of aromatic nitrogens is 3. The van der Waals surface area contributed by atoms with E-state index in [1.807, 2.05) is 18.2 Å². The summed E-state index contributed by atoms with van der Waals surface area (Å²) in [5.41, 5.74) is 5.21. The molecule has 0 atom stereocenters. The number of likely N-dealkylation sites (N-methyl/N-ethyl adjacent to an activating group) is 1. The first-order valence-corrected chi connectivity index (χ1v) is 13.1. The molecule has 0 saturated carbocycles. The zero-order valence-corrected chi connectivity index (χ0v) is 22.3. The second-order valence-corrected chi connectivity index (χ2v) is 9.71. The fourth-order valence-electron chi connectivity index (χ4n) is 4.51. The number of piperazine rings is 1. The van der Waals surface area contributed by atoms with Crippen LogP contribution in [-0.4, -0.2) is 63.5 Å². The number of benzene rings is 1. The molecule has 3 N–H and O–H groups in total. The van der Waals surface area contributed by atoms with Crippen molar-refractivity contribution in [2.45, 2.75) is 20.4 Å². The van der Waals surface area contributed by atoms with Crippen LogP contribution < -0.4 is 10.6 Å². The number of H-pyrrole nitrogens is 1. The first kappa shape index (κ1) is 25.7. The second kappa shape index (κ2) is 11.7. The van der Waals surface area contributed by atoms with Crippen LogP contribution in [0.25, 0.3) is 11.0 Å². The lowest BCUT2D eigenvalue weighted by Crippen LogP contribution is -2.45. The van der Waals surface area contributed by atoms with E-state index in [0.29, 0.717) is 22.0 Å². The van der Waals surface area contributed by atoms with Crippen molar-refractivity contribution in [2.24, 2.45) is 0 Å². The number of hydrogen-bond donors (Lipinski definition) is 3. The van der Waals surface area contributed by atoms with Gasteiger partial charge in [0.25, 0.3) is 0 Å². The van der Waals surface area contributed by atoms with Crippen molar-refractivity contribution in [1.82, 2.24) is 24.8 Å². The Balaban J connectivity index is 1.19. The van der Waals surface area contributed by atoms with Gasteiger partial charge in [-0.2, -0.15) is 0 Å². The van der Waals surface area contributed by atoms with E-state index in [4.69, 9.17) is 11.6 Å². The summed E-state index contributed by atoms with van der Waals surface area (Å²) in [5, 5.41) is 7.06. The van der Waals surface area contributed by atoms with Gasteiger partial charge in [0.1, 0.15) is 11.5 Å². The molecule has 194 valence electrons. The average Bonchev–Trinajstić information content (AvgIpc) is 3.40. The quantitative estimate of drug-likeness (QED) is 0.314. The van der Waals surface area contributed by atoms with Crippen molar-refractivity contribution in [3.05, 3.63) is 82.3 Å². The molecule has 9 heteroatoms. The van der Waals surface area contributed by atoms with Crippen LogP contribution in [0.5, 0.6) is 0 Å². The van der Waals surface area contributed by atoms with E-state index in [1.54, 1.807) is 30.7 Å². The van der Waals surface area contributed by atoms with Gasteiger partial charge in [-0.05, 0) is 54.9 Å². The number of rotatable bonds is 5. The Morgan fingerprint density at radius 1 is 1.05 bits per heavy atom. The highest BCUT2D eigenvalue weighted by atomic mass is 35.5. The Morgan fingerprint density at radius 3 is 2.66 bits per heavy atom. The van der Waals surface area contributed by atoms with Crippen molar-refractivity contribution in [3.63, 3.8) is 0 Å². The molecule has 4 aromatic rings. The number of carbonyl (C=O) groups excluding carboxylic acids is 1. The van der Waals surface area contributed by atoms with Gasteiger partial charge >= 0.3 is 6.03 Å². The summed E-state index contributed by atoms with van der Waals surface area (Å²) in [6, 6.07) is 11.0. The summed E-state index contributed by atoms with van der Waals surface area (Å²) in [4.78, 5) is 29.2. The van der Waals surface area contributed by atoms with Gasteiger partial charge in [-0.15, -0.1) is 0 Å². The molecule has 0 aliphatic carbocycles. The summed E-state index contributed by atoms with van der Waals surface area (Å²) in [5.74, 6) is 6.53. The molecule has 3 aromatic heterocycles. The maximum atomic E-state index is 12.6. The summed E-state index contributed by atoms with van der Waals surface area (Å²) >= 11 is 6.46. The Bertz CT molecular complexity index is 1510. The fourth-order valence-corrected chi connectivity index (χ4v) is 4.76. The Labute approximate surface area is 227 Å². The number of aryl methyl sites for hydroxylation is 1. The van der Waals surface area contributed by atoms with E-state index in [2.05, 4.69) is 67.1 Å². The molecule has 0 unspecified atom stereocenters. The van der Waals surface area contributed by atoms with Crippen molar-refractivity contribution in [1.29, 1.82) is 0 Å². The highest BCUT2D eigenvalue weighted by molar-refractivity contribution is 6.36. The predicted molar refractivity (Wildman–Crippen MR) is 153 cm³/mol. The molecule has 1 aliphatic rings. The predicted octanol–water partition coefficient (Wildman–Crippen LogP) is 5.10. The normalized spacial score (nSPS) is 14.2. The van der Waals surface area contributed by atoms with Gasteiger partial charge in [-0.25, -0.2) is 14.8 Å². The number of hydrogen-bond acceptors (Lipinski definition) is 5. The van der Waals surface area contributed by atoms with Crippen molar-refractivity contribution in [2.75, 3.05) is 43.4 Å². The van der Waals surface area contributed by atoms with Gasteiger partial charge in [0.05, 0.1) is 10.6 Å². The number of amides is 2. The van der Waals surface area contributed by atoms with Crippen molar-refractivity contribution >= 4 is 40.2 Å². The smallest absolute Gasteiger partial charge is 0.324 e. The zero-order valence-electron chi connectivity index (χ0n) is 21.5. The van der Waals surface area contributed by atoms with Gasteiger partial charge in [0.2, 0.25) is 0 Å². The Morgan fingerprint density at radius 2 is 1.87 bits per heavy atom. The molecule has 0 bridgehead atoms. The number of nitrogens with zero attached hydrogens (tertiary/aromatic N) is 4. The third-order valence-electron chi connectivity index (χ3n) is 6.77. The molecule has 0 radical (unpaired) electrons. The summed E-state index contributed by atoms with van der Waals surface area (Å²) in [7, 11) is 0. The van der Waals surface area contributed by atoms with Gasteiger partial charge in [-0.3, -0.25) is 10.2 Å². The number of nitrogens with one attached hydrogen (secondary N) is 3. The number of carbonyl (C=O) groups is 1. The van der Waals surface area contributed by atoms with Crippen LogP contribution in [-0.2, 0) is 6.54 Å². The minimum Gasteiger partial charge on any atom is -0.346 e. The summed E-state index contributed by atoms with van der Waals surface area (Å²) in [6.45, 7) is 10.7. The van der Waals surface area contributed by atoms with E-state index in [-0.39, 0.29) is 6.03 Å². The first-order chi connectivity index (χ1) is 18.5. The number of halogens is 1. The molecule has 1 aromatic carbocycles. The highest BCUT2D eigenvalue weighted by Gasteiger charge is 2.16. The topological polar surface area (TPSA) is 89.2 Å². The lowest BCUT2D eigenvalue weighted by Gasteiger charge is -2.34. The number of pyridine rings is 2. The Hall–Kier alpha value is -3.90. The molecular formula is C29H30ClN7O. The minimum atomic E-state index is -0.365. The molecule has 38 heavy (non-hydrogen) atoms. The van der Waals surface area contributed by atoms with Gasteiger partial charge in [0.15, 0.2) is 0 Å². The molecule has 0 spiro atoms. The maximum absolute atomic E-state index is 12.6. The van der Waals surface area contributed by atoms with Crippen LogP contribution in [0.2, 0.25) is 5.02 Å². The molecule has 8 nitrogen and oxygen atoms in total. The monoisotopic (exact) mass is 527 g/mol. The number of urea groups is 1. The molecule has 1 aliphatic heterocycles. The molecule has 2 amide bonds. The standard InChI is InChI=1S/C29H30ClN7O/c1-3-36-12-14-37(15-13-36)19-23-6-7-24(16-20(23)2)34-29(38)35-26-17-21(8-10-31-26)4-5-22-18-33-28-25(27(22)30)9-11-32-28/h6-11,16-18H,3,12-15,19H2,1-2H3,(H,32,33)(H2,31,34,35,38). The molecule has 5 rings (SSSR count). The molecule has 4 heterocycles. The van der Waals surface area contributed by atoms with Crippen LogP contribution in [0.15, 0.2) is 55.0 Å². The number of aromatic amines is 1. The van der Waals surface area contributed by atoms with Crippen LogP contribution in [0, 0.1) is 18.8 Å². The van der Waals surface area contributed by atoms with Crippen molar-refractivity contribution in [3.8, 4) is 11.8 Å².